The molecule has 0 saturated carbocycles. The summed E-state index contributed by atoms with van der Waals surface area (Å²) in [6, 6.07) is 8.30. The van der Waals surface area contributed by atoms with Crippen molar-refractivity contribution >= 4 is 41.3 Å². The number of thiazole rings is 1. The van der Waals surface area contributed by atoms with Crippen LogP contribution in [0.3, 0.4) is 0 Å². The fourth-order valence-corrected chi connectivity index (χ4v) is 3.12. The molecule has 0 saturated heterocycles. The fourth-order valence-electron chi connectivity index (χ4n) is 2.51. The van der Waals surface area contributed by atoms with Gasteiger partial charge in [0, 0.05) is 26.0 Å². The molecule has 0 amide bonds. The first-order chi connectivity index (χ1) is 12.1. The summed E-state index contributed by atoms with van der Waals surface area (Å²) in [5.74, 6) is 1.82. The number of nitrogens with zero attached hydrogens (tertiary/aromatic N) is 3. The minimum absolute atomic E-state index is 0. The summed E-state index contributed by atoms with van der Waals surface area (Å²) in [6.07, 6.45) is 1.94. The number of rotatable bonds is 8. The van der Waals surface area contributed by atoms with Crippen LogP contribution in [0.25, 0.3) is 0 Å². The maximum atomic E-state index is 5.69. The number of hydrogen-bond donors (Lipinski definition) is 1. The number of guanidine groups is 1. The number of halogens is 1. The molecule has 0 aliphatic rings. The maximum Gasteiger partial charge on any atom is 0.193 e. The van der Waals surface area contributed by atoms with Crippen LogP contribution < -0.4 is 10.1 Å². The first kappa shape index (κ1) is 22.7. The lowest BCUT2D eigenvalue weighted by molar-refractivity contribution is 0.317. The second-order valence-corrected chi connectivity index (χ2v) is 7.00. The number of ether oxygens (including phenoxy) is 1. The molecule has 0 spiro atoms. The van der Waals surface area contributed by atoms with E-state index >= 15 is 0 Å². The quantitative estimate of drug-likeness (QED) is 0.345. The van der Waals surface area contributed by atoms with Crippen molar-refractivity contribution in [2.75, 3.05) is 27.2 Å². The molecule has 2 rings (SSSR count). The minimum Gasteiger partial charge on any atom is -0.494 e. The van der Waals surface area contributed by atoms with Gasteiger partial charge in [-0.1, -0.05) is 19.1 Å². The molecular weight excluding hydrogens is 459 g/mol. The van der Waals surface area contributed by atoms with Gasteiger partial charge in [0.05, 0.1) is 23.9 Å². The Labute approximate surface area is 177 Å². The topological polar surface area (TPSA) is 49.8 Å². The van der Waals surface area contributed by atoms with Crippen LogP contribution >= 0.6 is 35.3 Å². The lowest BCUT2D eigenvalue weighted by atomic mass is 10.1. The van der Waals surface area contributed by atoms with Crippen molar-refractivity contribution in [2.24, 2.45) is 4.99 Å². The van der Waals surface area contributed by atoms with Gasteiger partial charge in [0.1, 0.15) is 5.75 Å². The summed E-state index contributed by atoms with van der Waals surface area (Å²) in [7, 11) is 3.84. The minimum atomic E-state index is 0. The van der Waals surface area contributed by atoms with Gasteiger partial charge in [-0.25, -0.2) is 4.98 Å². The van der Waals surface area contributed by atoms with Crippen molar-refractivity contribution in [1.29, 1.82) is 0 Å². The van der Waals surface area contributed by atoms with Crippen molar-refractivity contribution < 1.29 is 4.74 Å². The zero-order valence-electron chi connectivity index (χ0n) is 16.0. The molecule has 0 aliphatic heterocycles. The van der Waals surface area contributed by atoms with Crippen molar-refractivity contribution in [1.82, 2.24) is 15.2 Å². The highest BCUT2D eigenvalue weighted by atomic mass is 127. The average Bonchev–Trinajstić information content (AvgIpc) is 3.02. The van der Waals surface area contributed by atoms with Crippen molar-refractivity contribution in [2.45, 2.75) is 33.2 Å². The second kappa shape index (κ2) is 12.1. The number of benzene rings is 1. The highest BCUT2D eigenvalue weighted by Gasteiger charge is 2.08. The average molecular weight is 488 g/mol. The third-order valence-electron chi connectivity index (χ3n) is 3.71. The van der Waals surface area contributed by atoms with Crippen LogP contribution in [0, 0.1) is 6.92 Å². The molecule has 26 heavy (non-hydrogen) atoms. The van der Waals surface area contributed by atoms with E-state index in [0.29, 0.717) is 0 Å². The molecular formula is C19H29IN4OS. The van der Waals surface area contributed by atoms with Gasteiger partial charge in [-0.05, 0) is 37.5 Å². The van der Waals surface area contributed by atoms with Crippen LogP contribution in [0.2, 0.25) is 0 Å². The van der Waals surface area contributed by atoms with Crippen molar-refractivity contribution in [3.63, 3.8) is 0 Å². The molecule has 1 aromatic carbocycles. The number of aromatic nitrogens is 1. The predicted octanol–water partition coefficient (Wildman–Crippen LogP) is 4.11. The van der Waals surface area contributed by atoms with Gasteiger partial charge in [0.25, 0.3) is 0 Å². The van der Waals surface area contributed by atoms with Crippen molar-refractivity contribution in [3.8, 4) is 5.75 Å². The van der Waals surface area contributed by atoms with Crippen molar-refractivity contribution in [3.05, 3.63) is 45.9 Å². The maximum absolute atomic E-state index is 5.69. The summed E-state index contributed by atoms with van der Waals surface area (Å²) >= 11 is 1.68. The Morgan fingerprint density at radius 2 is 2.19 bits per heavy atom. The molecule has 2 aromatic rings. The smallest absolute Gasteiger partial charge is 0.193 e. The van der Waals surface area contributed by atoms with Gasteiger partial charge >= 0.3 is 0 Å². The zero-order chi connectivity index (χ0) is 18.1. The van der Waals surface area contributed by atoms with E-state index in [-0.39, 0.29) is 24.0 Å². The Morgan fingerprint density at radius 3 is 2.85 bits per heavy atom. The fraction of sp³-hybridized carbons (Fsp3) is 0.474. The molecule has 144 valence electrons. The van der Waals surface area contributed by atoms with Crippen LogP contribution in [-0.4, -0.2) is 43.1 Å². The van der Waals surface area contributed by atoms with Gasteiger partial charge < -0.3 is 15.0 Å². The molecule has 0 bridgehead atoms. The van der Waals surface area contributed by atoms with Gasteiger partial charge in [-0.3, -0.25) is 4.99 Å². The SMILES string of the molecule is CCCOc1cccc(CCNC(=NC)N(C)Cc2csc(C)n2)c1.I. The summed E-state index contributed by atoms with van der Waals surface area (Å²) in [5.41, 5.74) is 2.34. The molecule has 1 heterocycles. The summed E-state index contributed by atoms with van der Waals surface area (Å²) < 4.78 is 5.69. The predicted molar refractivity (Wildman–Crippen MR) is 121 cm³/mol. The normalized spacial score (nSPS) is 11.0. The van der Waals surface area contributed by atoms with E-state index in [1.54, 1.807) is 11.3 Å². The van der Waals surface area contributed by atoms with E-state index in [2.05, 4.69) is 44.6 Å². The van der Waals surface area contributed by atoms with Gasteiger partial charge in [-0.2, -0.15) is 0 Å². The Bertz CT molecular complexity index is 690. The van der Waals surface area contributed by atoms with E-state index in [1.165, 1.54) is 5.56 Å². The van der Waals surface area contributed by atoms with E-state index in [4.69, 9.17) is 4.74 Å². The van der Waals surface area contributed by atoms with Crippen LogP contribution in [-0.2, 0) is 13.0 Å². The molecule has 0 unspecified atom stereocenters. The second-order valence-electron chi connectivity index (χ2n) is 5.93. The Kier molecular flexibility index (Phi) is 10.6. The standard InChI is InChI=1S/C19H28N4OS.HI/c1-5-11-24-18-8-6-7-16(12-18)9-10-21-19(20-3)23(4)13-17-14-25-15(2)22-17;/h6-8,12,14H,5,9-11,13H2,1-4H3,(H,20,21);1H. The van der Waals surface area contributed by atoms with Crippen LogP contribution in [0.4, 0.5) is 0 Å². The number of aryl methyl sites for hydroxylation is 1. The number of nitrogens with one attached hydrogen (secondary N) is 1. The zero-order valence-corrected chi connectivity index (χ0v) is 19.1. The molecule has 0 fully saturated rings. The van der Waals surface area contributed by atoms with E-state index in [9.17, 15) is 0 Å². The third kappa shape index (κ3) is 7.49. The van der Waals surface area contributed by atoms with Crippen LogP contribution in [0.1, 0.15) is 29.6 Å². The van der Waals surface area contributed by atoms with Crippen LogP contribution in [0.15, 0.2) is 34.6 Å². The Hall–Kier alpha value is -1.35. The van der Waals surface area contributed by atoms with E-state index < -0.39 is 0 Å². The highest BCUT2D eigenvalue weighted by Crippen LogP contribution is 2.14. The first-order valence-electron chi connectivity index (χ1n) is 8.67. The van der Waals surface area contributed by atoms with Gasteiger partial charge in [0.15, 0.2) is 5.96 Å². The first-order valence-corrected chi connectivity index (χ1v) is 9.55. The summed E-state index contributed by atoms with van der Waals surface area (Å²) in [6.45, 7) is 6.48. The summed E-state index contributed by atoms with van der Waals surface area (Å²) in [4.78, 5) is 11.0. The number of hydrogen-bond acceptors (Lipinski definition) is 4. The largest absolute Gasteiger partial charge is 0.494 e. The summed E-state index contributed by atoms with van der Waals surface area (Å²) in [5, 5.41) is 6.61. The monoisotopic (exact) mass is 488 g/mol. The van der Waals surface area contributed by atoms with Gasteiger partial charge in [0.2, 0.25) is 0 Å². The lowest BCUT2D eigenvalue weighted by Crippen LogP contribution is -2.39. The highest BCUT2D eigenvalue weighted by molar-refractivity contribution is 14.0. The molecule has 0 atom stereocenters. The molecule has 0 aliphatic carbocycles. The van der Waals surface area contributed by atoms with Crippen LogP contribution in [0.5, 0.6) is 5.75 Å². The molecule has 1 aromatic heterocycles. The number of aliphatic imine (C=N–C) groups is 1. The molecule has 1 N–H and O–H groups in total. The molecule has 5 nitrogen and oxygen atoms in total. The lowest BCUT2D eigenvalue weighted by Gasteiger charge is -2.21. The van der Waals surface area contributed by atoms with Gasteiger partial charge in [-0.15, -0.1) is 35.3 Å². The molecule has 0 radical (unpaired) electrons. The van der Waals surface area contributed by atoms with E-state index in [1.807, 2.05) is 33.2 Å². The van der Waals surface area contributed by atoms with E-state index in [0.717, 1.165) is 54.9 Å². The Morgan fingerprint density at radius 1 is 1.38 bits per heavy atom. The Balaban J connectivity index is 0.00000338. The molecule has 7 heteroatoms. The third-order valence-corrected chi connectivity index (χ3v) is 4.53.